The van der Waals surface area contributed by atoms with Gasteiger partial charge in [0.15, 0.2) is 0 Å². The van der Waals surface area contributed by atoms with Gasteiger partial charge in [0.05, 0.1) is 18.7 Å². The number of likely N-dealkylation sites (tertiary alicyclic amines) is 1. The van der Waals surface area contributed by atoms with E-state index in [4.69, 9.17) is 5.73 Å². The minimum Gasteiger partial charge on any atom is -0.322 e. The van der Waals surface area contributed by atoms with Crippen LogP contribution in [0.2, 0.25) is 0 Å². The number of rotatable bonds is 3. The van der Waals surface area contributed by atoms with Gasteiger partial charge in [-0.15, -0.1) is 0 Å². The normalized spacial score (nSPS) is 47.7. The fourth-order valence-corrected chi connectivity index (χ4v) is 6.89. The summed E-state index contributed by atoms with van der Waals surface area (Å²) in [7, 11) is 0. The van der Waals surface area contributed by atoms with Crippen LogP contribution >= 0.6 is 0 Å². The molecule has 1 aliphatic heterocycles. The molecule has 0 aromatic carbocycles. The van der Waals surface area contributed by atoms with Crippen molar-refractivity contribution in [2.75, 3.05) is 6.54 Å². The first-order valence-corrected chi connectivity index (χ1v) is 9.50. The quantitative estimate of drug-likeness (QED) is 0.863. The molecule has 2 N–H and O–H groups in total. The van der Waals surface area contributed by atoms with Crippen molar-refractivity contribution in [1.82, 2.24) is 4.90 Å². The molecule has 5 heteroatoms. The van der Waals surface area contributed by atoms with Gasteiger partial charge >= 0.3 is 0 Å². The van der Waals surface area contributed by atoms with Gasteiger partial charge in [-0.05, 0) is 61.2 Å². The molecule has 0 spiro atoms. The van der Waals surface area contributed by atoms with Crippen LogP contribution in [-0.2, 0) is 4.79 Å². The van der Waals surface area contributed by atoms with Crippen molar-refractivity contribution in [2.45, 2.75) is 76.5 Å². The van der Waals surface area contributed by atoms with Crippen molar-refractivity contribution in [3.8, 4) is 6.07 Å². The Morgan fingerprint density at radius 2 is 2.00 bits per heavy atom. The second-order valence-corrected chi connectivity index (χ2v) is 9.12. The van der Waals surface area contributed by atoms with Crippen LogP contribution in [0.4, 0.5) is 4.39 Å². The topological polar surface area (TPSA) is 70.1 Å². The summed E-state index contributed by atoms with van der Waals surface area (Å²) in [6, 6.07) is 0.863. The third kappa shape index (κ3) is 2.29. The zero-order valence-corrected chi connectivity index (χ0v) is 14.5. The minimum atomic E-state index is -1.09. The highest BCUT2D eigenvalue weighted by atomic mass is 19.1. The SMILES string of the molecule is CCC12C[C@@H]3C[C@@H](C1)CC([C@H](N)C(=O)N1C[C@@H](F)CC1C#N)(C3)C2. The zero-order valence-electron chi connectivity index (χ0n) is 14.5. The molecule has 1 heterocycles. The smallest absolute Gasteiger partial charge is 0.241 e. The van der Waals surface area contributed by atoms with Gasteiger partial charge < -0.3 is 10.6 Å². The lowest BCUT2D eigenvalue weighted by atomic mass is 9.42. The van der Waals surface area contributed by atoms with Crippen LogP contribution in [0.1, 0.15) is 58.3 Å². The summed E-state index contributed by atoms with van der Waals surface area (Å²) in [6.07, 6.45) is 7.21. The second kappa shape index (κ2) is 5.42. The summed E-state index contributed by atoms with van der Waals surface area (Å²) in [5, 5.41) is 9.25. The van der Waals surface area contributed by atoms with Crippen molar-refractivity contribution in [2.24, 2.45) is 28.4 Å². The first kappa shape index (κ1) is 16.3. The highest BCUT2D eigenvalue weighted by molar-refractivity contribution is 5.83. The summed E-state index contributed by atoms with van der Waals surface area (Å²) >= 11 is 0. The molecule has 5 atom stereocenters. The average molecular weight is 333 g/mol. The van der Waals surface area contributed by atoms with Gasteiger partial charge in [0.1, 0.15) is 12.2 Å². The van der Waals surface area contributed by atoms with Crippen molar-refractivity contribution >= 4 is 5.91 Å². The molecule has 5 rings (SSSR count). The number of carbonyl (C=O) groups is 1. The van der Waals surface area contributed by atoms with E-state index >= 15 is 0 Å². The van der Waals surface area contributed by atoms with Gasteiger partial charge in [-0.3, -0.25) is 4.79 Å². The number of alkyl halides is 1. The molecule has 4 nitrogen and oxygen atoms in total. The predicted molar refractivity (Wildman–Crippen MR) is 88.4 cm³/mol. The Labute approximate surface area is 143 Å². The Kier molecular flexibility index (Phi) is 3.69. The van der Waals surface area contributed by atoms with E-state index in [0.29, 0.717) is 17.3 Å². The average Bonchev–Trinajstić information content (AvgIpc) is 2.93. The number of nitriles is 1. The number of amides is 1. The van der Waals surface area contributed by atoms with Crippen molar-refractivity contribution in [3.05, 3.63) is 0 Å². The standard InChI is InChI=1S/C19H28FN3O/c1-2-18-5-12-3-13(6-18)8-19(7-12,11-18)16(22)17(24)23-10-14(20)4-15(23)9-21/h12-16H,2-8,10-11,22H2,1H3/t12-,13-,14-,15?,16+,18?,19?/m0/s1. The third-order valence-corrected chi connectivity index (χ3v) is 7.59. The van der Waals surface area contributed by atoms with Crippen LogP contribution < -0.4 is 5.73 Å². The minimum absolute atomic E-state index is 0.0343. The molecular formula is C19H28FN3O. The number of nitrogens with zero attached hydrogens (tertiary/aromatic N) is 2. The van der Waals surface area contributed by atoms with E-state index in [1.54, 1.807) is 0 Å². The van der Waals surface area contributed by atoms with Crippen LogP contribution in [0.15, 0.2) is 0 Å². The van der Waals surface area contributed by atoms with Gasteiger partial charge in [0.2, 0.25) is 5.91 Å². The first-order chi connectivity index (χ1) is 11.4. The van der Waals surface area contributed by atoms with Gasteiger partial charge in [0.25, 0.3) is 0 Å². The molecule has 132 valence electrons. The van der Waals surface area contributed by atoms with Gasteiger partial charge in [-0.1, -0.05) is 13.3 Å². The molecule has 5 fully saturated rings. The lowest BCUT2D eigenvalue weighted by Gasteiger charge is -2.63. The van der Waals surface area contributed by atoms with E-state index in [1.807, 2.05) is 0 Å². The van der Waals surface area contributed by atoms with Crippen LogP contribution in [0.5, 0.6) is 0 Å². The van der Waals surface area contributed by atoms with Crippen LogP contribution in [0, 0.1) is 34.0 Å². The molecule has 24 heavy (non-hydrogen) atoms. The fraction of sp³-hybridized carbons (Fsp3) is 0.895. The molecule has 1 saturated heterocycles. The van der Waals surface area contributed by atoms with E-state index in [2.05, 4.69) is 13.0 Å². The molecule has 0 aromatic rings. The van der Waals surface area contributed by atoms with Crippen LogP contribution in [0.3, 0.4) is 0 Å². The maximum atomic E-state index is 13.7. The molecule has 5 aliphatic rings. The molecular weight excluding hydrogens is 305 g/mol. The summed E-state index contributed by atoms with van der Waals surface area (Å²) in [4.78, 5) is 14.5. The predicted octanol–water partition coefficient (Wildman–Crippen LogP) is 2.77. The lowest BCUT2D eigenvalue weighted by Crippen LogP contribution is -2.62. The molecule has 4 aliphatic carbocycles. The van der Waals surface area contributed by atoms with Crippen LogP contribution in [0.25, 0.3) is 0 Å². The molecule has 4 saturated carbocycles. The number of nitrogens with two attached hydrogens (primary N) is 1. The largest absolute Gasteiger partial charge is 0.322 e. The van der Waals surface area contributed by atoms with Crippen molar-refractivity contribution in [1.29, 1.82) is 5.26 Å². The van der Waals surface area contributed by atoms with Crippen molar-refractivity contribution in [3.63, 3.8) is 0 Å². The van der Waals surface area contributed by atoms with Gasteiger partial charge in [-0.25, -0.2) is 4.39 Å². The highest BCUT2D eigenvalue weighted by Gasteiger charge is 2.60. The number of hydrogen-bond donors (Lipinski definition) is 1. The third-order valence-electron chi connectivity index (χ3n) is 7.59. The number of carbonyl (C=O) groups excluding carboxylic acids is 1. The molecule has 4 bridgehead atoms. The summed E-state index contributed by atoms with van der Waals surface area (Å²) in [5.41, 5.74) is 6.79. The summed E-state index contributed by atoms with van der Waals surface area (Å²) in [6.45, 7) is 2.31. The second-order valence-electron chi connectivity index (χ2n) is 9.12. The molecule has 0 radical (unpaired) electrons. The monoisotopic (exact) mass is 333 g/mol. The molecule has 0 aromatic heterocycles. The molecule has 1 amide bonds. The first-order valence-electron chi connectivity index (χ1n) is 9.50. The van der Waals surface area contributed by atoms with E-state index in [-0.39, 0.29) is 24.3 Å². The van der Waals surface area contributed by atoms with Crippen molar-refractivity contribution < 1.29 is 9.18 Å². The van der Waals surface area contributed by atoms with E-state index in [1.165, 1.54) is 30.6 Å². The maximum Gasteiger partial charge on any atom is 0.241 e. The lowest BCUT2D eigenvalue weighted by molar-refractivity contribution is -0.152. The van der Waals surface area contributed by atoms with E-state index in [0.717, 1.165) is 19.3 Å². The maximum absolute atomic E-state index is 13.7. The number of hydrogen-bond acceptors (Lipinski definition) is 3. The highest BCUT2D eigenvalue weighted by Crippen LogP contribution is 2.67. The Morgan fingerprint density at radius 1 is 1.33 bits per heavy atom. The molecule has 1 unspecified atom stereocenters. The van der Waals surface area contributed by atoms with Gasteiger partial charge in [0, 0.05) is 6.42 Å². The fourth-order valence-electron chi connectivity index (χ4n) is 6.89. The van der Waals surface area contributed by atoms with Crippen LogP contribution in [-0.4, -0.2) is 35.6 Å². The Morgan fingerprint density at radius 3 is 2.58 bits per heavy atom. The Balaban J connectivity index is 1.59. The summed E-state index contributed by atoms with van der Waals surface area (Å²) in [5.74, 6) is 1.21. The van der Waals surface area contributed by atoms with E-state index in [9.17, 15) is 14.4 Å². The zero-order chi connectivity index (χ0) is 17.1. The Hall–Kier alpha value is -1.15. The number of halogens is 1. The summed E-state index contributed by atoms with van der Waals surface area (Å²) < 4.78 is 13.7. The Bertz CT molecular complexity index is 572. The van der Waals surface area contributed by atoms with E-state index < -0.39 is 18.3 Å². The van der Waals surface area contributed by atoms with Gasteiger partial charge in [-0.2, -0.15) is 5.26 Å².